The highest BCUT2D eigenvalue weighted by molar-refractivity contribution is 5.67. The molecule has 26 heavy (non-hydrogen) atoms. The van der Waals surface area contributed by atoms with Crippen LogP contribution in [-0.4, -0.2) is 49.2 Å². The number of methoxy groups -OCH3 is 1. The van der Waals surface area contributed by atoms with Crippen LogP contribution in [0.1, 0.15) is 16.7 Å². The highest BCUT2D eigenvalue weighted by Crippen LogP contribution is 2.20. The maximum atomic E-state index is 12.2. The van der Waals surface area contributed by atoms with Crippen LogP contribution in [0.15, 0.2) is 48.5 Å². The molecule has 2 aromatic rings. The quantitative estimate of drug-likeness (QED) is 0.825. The minimum Gasteiger partial charge on any atom is -0.496 e. The molecule has 1 aliphatic rings. The van der Waals surface area contributed by atoms with Crippen molar-refractivity contribution in [3.63, 3.8) is 0 Å². The zero-order valence-corrected chi connectivity index (χ0v) is 15.5. The number of amides is 1. The third kappa shape index (κ3) is 4.76. The van der Waals surface area contributed by atoms with Crippen LogP contribution in [0.25, 0.3) is 0 Å². The summed E-state index contributed by atoms with van der Waals surface area (Å²) in [7, 11) is 1.69. The highest BCUT2D eigenvalue weighted by Gasteiger charge is 2.22. The summed E-state index contributed by atoms with van der Waals surface area (Å²) in [6.07, 6.45) is -0.228. The second-order valence-corrected chi connectivity index (χ2v) is 6.61. The fourth-order valence-corrected chi connectivity index (χ4v) is 3.20. The molecule has 1 fully saturated rings. The highest BCUT2D eigenvalue weighted by atomic mass is 16.6. The molecule has 1 amide bonds. The van der Waals surface area contributed by atoms with Crippen molar-refractivity contribution < 1.29 is 14.3 Å². The van der Waals surface area contributed by atoms with Gasteiger partial charge in [-0.3, -0.25) is 4.90 Å². The Morgan fingerprint density at radius 2 is 1.73 bits per heavy atom. The summed E-state index contributed by atoms with van der Waals surface area (Å²) >= 11 is 0. The third-order valence-electron chi connectivity index (χ3n) is 4.70. The molecule has 0 unspecified atom stereocenters. The summed E-state index contributed by atoms with van der Waals surface area (Å²) in [6.45, 7) is 6.37. The zero-order chi connectivity index (χ0) is 18.4. The first-order chi connectivity index (χ1) is 12.7. The number of nitrogens with zero attached hydrogens (tertiary/aromatic N) is 2. The fraction of sp³-hybridized carbons (Fsp3) is 0.381. The van der Waals surface area contributed by atoms with Crippen LogP contribution in [0.4, 0.5) is 4.79 Å². The maximum absolute atomic E-state index is 12.2. The summed E-state index contributed by atoms with van der Waals surface area (Å²) in [5.41, 5.74) is 3.42. The summed E-state index contributed by atoms with van der Waals surface area (Å²) in [6, 6.07) is 16.1. The second kappa shape index (κ2) is 8.72. The largest absolute Gasteiger partial charge is 0.496 e. The Bertz CT molecular complexity index is 725. The van der Waals surface area contributed by atoms with Gasteiger partial charge < -0.3 is 14.4 Å². The molecule has 0 aliphatic carbocycles. The number of carbonyl (C=O) groups excluding carboxylic acids is 1. The van der Waals surface area contributed by atoms with Gasteiger partial charge in [0.15, 0.2) is 0 Å². The molecule has 0 radical (unpaired) electrons. The van der Waals surface area contributed by atoms with Crippen molar-refractivity contribution in [2.75, 3.05) is 33.3 Å². The van der Waals surface area contributed by atoms with E-state index in [9.17, 15) is 4.79 Å². The van der Waals surface area contributed by atoms with E-state index in [0.717, 1.165) is 36.5 Å². The van der Waals surface area contributed by atoms with E-state index < -0.39 is 0 Å². The van der Waals surface area contributed by atoms with Gasteiger partial charge in [-0.25, -0.2) is 4.79 Å². The van der Waals surface area contributed by atoms with E-state index in [2.05, 4.69) is 24.0 Å². The molecule has 1 aliphatic heterocycles. The molecule has 0 saturated carbocycles. The van der Waals surface area contributed by atoms with E-state index in [0.29, 0.717) is 19.7 Å². The third-order valence-corrected chi connectivity index (χ3v) is 4.70. The molecule has 0 bridgehead atoms. The Labute approximate surface area is 155 Å². The zero-order valence-electron chi connectivity index (χ0n) is 15.5. The van der Waals surface area contributed by atoms with Crippen molar-refractivity contribution in [2.24, 2.45) is 0 Å². The summed E-state index contributed by atoms with van der Waals surface area (Å²) in [4.78, 5) is 16.4. The second-order valence-electron chi connectivity index (χ2n) is 6.61. The minimum absolute atomic E-state index is 0.228. The van der Waals surface area contributed by atoms with E-state index in [1.807, 2.05) is 36.4 Å². The smallest absolute Gasteiger partial charge is 0.410 e. The van der Waals surface area contributed by atoms with Crippen molar-refractivity contribution >= 4 is 6.09 Å². The SMILES string of the molecule is COc1ccc(CN2CCN(C(=O)OCc3ccccc3)CC2)cc1C. The fourth-order valence-electron chi connectivity index (χ4n) is 3.20. The standard InChI is InChI=1S/C21H26N2O3/c1-17-14-19(8-9-20(17)25-2)15-22-10-12-23(13-11-22)21(24)26-16-18-6-4-3-5-7-18/h3-9,14H,10-13,15-16H2,1-2H3. The number of piperazine rings is 1. The first kappa shape index (κ1) is 18.3. The lowest BCUT2D eigenvalue weighted by Gasteiger charge is -2.34. The van der Waals surface area contributed by atoms with Gasteiger partial charge in [-0.05, 0) is 29.7 Å². The summed E-state index contributed by atoms with van der Waals surface area (Å²) < 4.78 is 10.7. The van der Waals surface area contributed by atoms with Gasteiger partial charge in [0.2, 0.25) is 0 Å². The summed E-state index contributed by atoms with van der Waals surface area (Å²) in [5, 5.41) is 0. The van der Waals surface area contributed by atoms with Gasteiger partial charge in [0.1, 0.15) is 12.4 Å². The van der Waals surface area contributed by atoms with Gasteiger partial charge >= 0.3 is 6.09 Å². The molecule has 3 rings (SSSR count). The number of hydrogen-bond acceptors (Lipinski definition) is 4. The first-order valence-corrected chi connectivity index (χ1v) is 8.97. The minimum atomic E-state index is -0.228. The number of benzene rings is 2. The number of carbonyl (C=O) groups is 1. The van der Waals surface area contributed by atoms with Crippen molar-refractivity contribution in [3.8, 4) is 5.75 Å². The summed E-state index contributed by atoms with van der Waals surface area (Å²) in [5.74, 6) is 0.916. The molecule has 0 aromatic heterocycles. The van der Waals surface area contributed by atoms with Crippen LogP contribution in [0.5, 0.6) is 5.75 Å². The van der Waals surface area contributed by atoms with E-state index in [-0.39, 0.29) is 6.09 Å². The molecule has 0 N–H and O–H groups in total. The van der Waals surface area contributed by atoms with E-state index >= 15 is 0 Å². The van der Waals surface area contributed by atoms with Crippen molar-refractivity contribution in [2.45, 2.75) is 20.1 Å². The lowest BCUT2D eigenvalue weighted by Crippen LogP contribution is -2.48. The van der Waals surface area contributed by atoms with Crippen molar-refractivity contribution in [1.29, 1.82) is 0 Å². The van der Waals surface area contributed by atoms with E-state index in [1.54, 1.807) is 12.0 Å². The van der Waals surface area contributed by atoms with E-state index in [4.69, 9.17) is 9.47 Å². The Hall–Kier alpha value is -2.53. The van der Waals surface area contributed by atoms with Gasteiger partial charge in [-0.15, -0.1) is 0 Å². The van der Waals surface area contributed by atoms with Gasteiger partial charge in [0, 0.05) is 32.7 Å². The predicted molar refractivity (Wildman–Crippen MR) is 101 cm³/mol. The lowest BCUT2D eigenvalue weighted by molar-refractivity contribution is 0.0700. The Morgan fingerprint density at radius 1 is 1.00 bits per heavy atom. The molecule has 0 spiro atoms. The van der Waals surface area contributed by atoms with Crippen LogP contribution >= 0.6 is 0 Å². The maximum Gasteiger partial charge on any atom is 0.410 e. The lowest BCUT2D eigenvalue weighted by atomic mass is 10.1. The van der Waals surface area contributed by atoms with Gasteiger partial charge in [-0.1, -0.05) is 42.5 Å². The molecule has 5 heteroatoms. The van der Waals surface area contributed by atoms with Gasteiger partial charge in [-0.2, -0.15) is 0 Å². The van der Waals surface area contributed by atoms with Crippen molar-refractivity contribution in [1.82, 2.24) is 9.80 Å². The molecule has 0 atom stereocenters. The van der Waals surface area contributed by atoms with Crippen molar-refractivity contribution in [3.05, 3.63) is 65.2 Å². The Kier molecular flexibility index (Phi) is 6.12. The molecular formula is C21H26N2O3. The molecule has 1 saturated heterocycles. The average Bonchev–Trinajstić information content (AvgIpc) is 2.68. The number of hydrogen-bond donors (Lipinski definition) is 0. The molecule has 2 aromatic carbocycles. The molecular weight excluding hydrogens is 328 g/mol. The predicted octanol–water partition coefficient (Wildman–Crippen LogP) is 3.46. The number of rotatable bonds is 5. The normalized spacial score (nSPS) is 14.9. The van der Waals surface area contributed by atoms with Crippen LogP contribution in [0.2, 0.25) is 0 Å². The number of aryl methyl sites for hydroxylation is 1. The van der Waals surface area contributed by atoms with Gasteiger partial charge in [0.25, 0.3) is 0 Å². The topological polar surface area (TPSA) is 42.0 Å². The van der Waals surface area contributed by atoms with Gasteiger partial charge in [0.05, 0.1) is 7.11 Å². The van der Waals surface area contributed by atoms with Crippen LogP contribution in [-0.2, 0) is 17.9 Å². The molecule has 1 heterocycles. The Morgan fingerprint density at radius 3 is 2.38 bits per heavy atom. The first-order valence-electron chi connectivity index (χ1n) is 8.97. The van der Waals surface area contributed by atoms with Crippen LogP contribution < -0.4 is 4.74 Å². The molecule has 138 valence electrons. The molecule has 5 nitrogen and oxygen atoms in total. The van der Waals surface area contributed by atoms with Crippen LogP contribution in [0.3, 0.4) is 0 Å². The monoisotopic (exact) mass is 354 g/mol. The average molecular weight is 354 g/mol. The Balaban J connectivity index is 1.45. The van der Waals surface area contributed by atoms with E-state index in [1.165, 1.54) is 5.56 Å². The number of ether oxygens (including phenoxy) is 2. The van der Waals surface area contributed by atoms with Crippen LogP contribution in [0, 0.1) is 6.92 Å².